The highest BCUT2D eigenvalue weighted by atomic mass is 32.3. The van der Waals surface area contributed by atoms with Crippen LogP contribution in [0.4, 0.5) is 0 Å². The topological polar surface area (TPSA) is 68.3 Å². The Morgan fingerprint density at radius 3 is 1.50 bits per heavy atom. The van der Waals surface area contributed by atoms with Gasteiger partial charge in [0, 0.05) is 12.0 Å². The first-order valence-corrected chi connectivity index (χ1v) is 7.02. The maximum atomic E-state index is 11.3. The van der Waals surface area contributed by atoms with Gasteiger partial charge in [0.05, 0.1) is 0 Å². The van der Waals surface area contributed by atoms with Gasteiger partial charge in [0.25, 0.3) is 0 Å². The van der Waals surface area contributed by atoms with Gasteiger partial charge in [0.15, 0.2) is 23.8 Å². The molecule has 0 aromatic carbocycles. The van der Waals surface area contributed by atoms with Gasteiger partial charge >= 0.3 is 0 Å². The molecule has 0 fully saturated rings. The molecular formula is C6H14O4S2. The smallest absolute Gasteiger partial charge is 0.169 e. The molecule has 12 heavy (non-hydrogen) atoms. The van der Waals surface area contributed by atoms with Crippen molar-refractivity contribution < 1.29 is 16.8 Å². The van der Waals surface area contributed by atoms with Gasteiger partial charge in [-0.3, -0.25) is 0 Å². The van der Waals surface area contributed by atoms with Crippen LogP contribution in [0.15, 0.2) is 0 Å². The van der Waals surface area contributed by atoms with Crippen LogP contribution in [0.5, 0.6) is 0 Å². The SMILES string of the molecule is CCS(=O)(=O)C(C)(C)S(C)(=O)=O. The lowest BCUT2D eigenvalue weighted by atomic mass is 10.5. The van der Waals surface area contributed by atoms with Crippen molar-refractivity contribution in [3.8, 4) is 0 Å². The van der Waals surface area contributed by atoms with E-state index in [1.165, 1.54) is 20.8 Å². The zero-order valence-electron chi connectivity index (χ0n) is 7.66. The fourth-order valence-electron chi connectivity index (χ4n) is 0.578. The molecule has 0 aromatic rings. The molecule has 6 heteroatoms. The molecule has 0 heterocycles. The second kappa shape index (κ2) is 2.99. The molecule has 0 bridgehead atoms. The van der Waals surface area contributed by atoms with E-state index < -0.39 is 23.8 Å². The van der Waals surface area contributed by atoms with Crippen LogP contribution in [0.3, 0.4) is 0 Å². The highest BCUT2D eigenvalue weighted by molar-refractivity contribution is 8.09. The lowest BCUT2D eigenvalue weighted by molar-refractivity contribution is 0.560. The maximum absolute atomic E-state index is 11.3. The van der Waals surface area contributed by atoms with Gasteiger partial charge in [-0.1, -0.05) is 6.92 Å². The van der Waals surface area contributed by atoms with E-state index in [4.69, 9.17) is 0 Å². The van der Waals surface area contributed by atoms with E-state index in [2.05, 4.69) is 0 Å². The van der Waals surface area contributed by atoms with Crippen molar-refractivity contribution in [2.24, 2.45) is 0 Å². The summed E-state index contributed by atoms with van der Waals surface area (Å²) in [5.74, 6) is -0.160. The lowest BCUT2D eigenvalue weighted by Crippen LogP contribution is -2.40. The average molecular weight is 214 g/mol. The molecule has 0 saturated carbocycles. The zero-order valence-corrected chi connectivity index (χ0v) is 9.29. The molecule has 0 amide bonds. The second-order valence-electron chi connectivity index (χ2n) is 3.08. The fraction of sp³-hybridized carbons (Fsp3) is 1.00. The van der Waals surface area contributed by atoms with Crippen molar-refractivity contribution in [3.05, 3.63) is 0 Å². The second-order valence-corrected chi connectivity index (χ2v) is 8.73. The standard InChI is InChI=1S/C6H14O4S2/c1-5-12(9,10)6(2,3)11(4,7)8/h5H2,1-4H3. The van der Waals surface area contributed by atoms with Crippen LogP contribution in [0.25, 0.3) is 0 Å². The molecule has 0 spiro atoms. The molecule has 0 aliphatic carbocycles. The molecule has 0 radical (unpaired) electrons. The van der Waals surface area contributed by atoms with Gasteiger partial charge in [-0.15, -0.1) is 0 Å². The first kappa shape index (κ1) is 11.9. The average Bonchev–Trinajstić information content (AvgIpc) is 1.85. The number of rotatable bonds is 3. The highest BCUT2D eigenvalue weighted by Gasteiger charge is 2.42. The minimum Gasteiger partial charge on any atom is -0.228 e. The summed E-state index contributed by atoms with van der Waals surface area (Å²) < 4.78 is 43.1. The van der Waals surface area contributed by atoms with E-state index >= 15 is 0 Å². The van der Waals surface area contributed by atoms with Crippen LogP contribution in [0.1, 0.15) is 20.8 Å². The Labute approximate surface area is 73.8 Å². The highest BCUT2D eigenvalue weighted by Crippen LogP contribution is 2.23. The molecule has 0 atom stereocenters. The van der Waals surface area contributed by atoms with Gasteiger partial charge in [-0.2, -0.15) is 0 Å². The van der Waals surface area contributed by atoms with E-state index in [1.807, 2.05) is 0 Å². The summed E-state index contributed by atoms with van der Waals surface area (Å²) in [6, 6.07) is 0. The molecule has 0 aliphatic rings. The van der Waals surface area contributed by atoms with Crippen molar-refractivity contribution in [2.75, 3.05) is 12.0 Å². The van der Waals surface area contributed by atoms with Crippen molar-refractivity contribution in [3.63, 3.8) is 0 Å². The van der Waals surface area contributed by atoms with Gasteiger partial charge in [0.2, 0.25) is 0 Å². The molecule has 0 unspecified atom stereocenters. The Morgan fingerprint density at radius 2 is 1.42 bits per heavy atom. The Kier molecular flexibility index (Phi) is 2.97. The first-order valence-electron chi connectivity index (χ1n) is 3.48. The van der Waals surface area contributed by atoms with Crippen LogP contribution >= 0.6 is 0 Å². The van der Waals surface area contributed by atoms with E-state index in [9.17, 15) is 16.8 Å². The Morgan fingerprint density at radius 1 is 1.08 bits per heavy atom. The molecule has 0 aromatic heterocycles. The Balaban J connectivity index is 5.46. The molecule has 0 saturated heterocycles. The monoisotopic (exact) mass is 214 g/mol. The summed E-state index contributed by atoms with van der Waals surface area (Å²) in [5.41, 5.74) is 0. The van der Waals surface area contributed by atoms with Crippen molar-refractivity contribution >= 4 is 19.7 Å². The molecule has 74 valence electrons. The minimum atomic E-state index is -3.56. The van der Waals surface area contributed by atoms with Gasteiger partial charge in [0.1, 0.15) is 0 Å². The van der Waals surface area contributed by atoms with Crippen LogP contribution in [0.2, 0.25) is 0 Å². The van der Waals surface area contributed by atoms with E-state index in [-0.39, 0.29) is 5.75 Å². The van der Waals surface area contributed by atoms with E-state index in [0.29, 0.717) is 0 Å². The summed E-state index contributed by atoms with van der Waals surface area (Å²) in [6.45, 7) is 3.85. The summed E-state index contributed by atoms with van der Waals surface area (Å²) in [6.07, 6.45) is 0.931. The quantitative estimate of drug-likeness (QED) is 0.673. The number of hydrogen-bond donors (Lipinski definition) is 0. The number of sulfone groups is 2. The summed E-state index contributed by atoms with van der Waals surface area (Å²) in [7, 11) is -7.10. The van der Waals surface area contributed by atoms with Crippen LogP contribution in [-0.2, 0) is 19.7 Å². The predicted molar refractivity (Wildman–Crippen MR) is 48.4 cm³/mol. The molecule has 4 nitrogen and oxygen atoms in total. The summed E-state index contributed by atoms with van der Waals surface area (Å²) >= 11 is 0. The third kappa shape index (κ3) is 1.80. The maximum Gasteiger partial charge on any atom is 0.169 e. The first-order chi connectivity index (χ1) is 5.06. The van der Waals surface area contributed by atoms with Gasteiger partial charge < -0.3 is 0 Å². The minimum absolute atomic E-state index is 0.160. The molecular weight excluding hydrogens is 200 g/mol. The van der Waals surface area contributed by atoms with E-state index in [1.54, 1.807) is 0 Å². The fourth-order valence-corrected chi connectivity index (χ4v) is 3.47. The normalized spacial score (nSPS) is 14.7. The van der Waals surface area contributed by atoms with E-state index in [0.717, 1.165) is 6.26 Å². The lowest BCUT2D eigenvalue weighted by Gasteiger charge is -2.21. The summed E-state index contributed by atoms with van der Waals surface area (Å²) in [4.78, 5) is 0. The number of hydrogen-bond acceptors (Lipinski definition) is 4. The van der Waals surface area contributed by atoms with Crippen molar-refractivity contribution in [1.82, 2.24) is 0 Å². The van der Waals surface area contributed by atoms with Crippen molar-refractivity contribution in [2.45, 2.75) is 24.9 Å². The molecule has 0 rings (SSSR count). The molecule has 0 aliphatic heterocycles. The third-order valence-electron chi connectivity index (χ3n) is 2.02. The Hall–Kier alpha value is -0.100. The largest absolute Gasteiger partial charge is 0.228 e. The van der Waals surface area contributed by atoms with Gasteiger partial charge in [-0.25, -0.2) is 16.8 Å². The zero-order chi connectivity index (χ0) is 10.2. The van der Waals surface area contributed by atoms with Crippen LogP contribution in [-0.4, -0.2) is 32.9 Å². The Bertz CT molecular complexity index is 347. The molecule has 0 N–H and O–H groups in total. The third-order valence-corrected chi connectivity index (χ3v) is 7.74. The summed E-state index contributed by atoms with van der Waals surface area (Å²) in [5, 5.41) is 0. The van der Waals surface area contributed by atoms with Crippen LogP contribution in [0, 0.1) is 0 Å². The predicted octanol–water partition coefficient (Wildman–Crippen LogP) is 0.202. The van der Waals surface area contributed by atoms with Crippen LogP contribution < -0.4 is 0 Å². The van der Waals surface area contributed by atoms with Gasteiger partial charge in [-0.05, 0) is 13.8 Å². The van der Waals surface area contributed by atoms with Crippen molar-refractivity contribution in [1.29, 1.82) is 0 Å².